The highest BCUT2D eigenvalue weighted by molar-refractivity contribution is 6.32. The van der Waals surface area contributed by atoms with Crippen LogP contribution in [0.2, 0.25) is 5.02 Å². The van der Waals surface area contributed by atoms with Crippen LogP contribution < -0.4 is 4.74 Å². The molecule has 112 valence electrons. The molecule has 1 nitrogen and oxygen atoms in total. The zero-order valence-electron chi connectivity index (χ0n) is 10.8. The van der Waals surface area contributed by atoms with Crippen LogP contribution in [0.3, 0.4) is 0 Å². The molecule has 2 rings (SSSR count). The van der Waals surface area contributed by atoms with Crippen molar-refractivity contribution in [3.63, 3.8) is 0 Å². The minimum atomic E-state index is -4.37. The topological polar surface area (TPSA) is 9.23 Å². The number of halogens is 5. The molecule has 0 fully saturated rings. The first-order valence-corrected chi connectivity index (χ1v) is 6.95. The molecule has 0 amide bonds. The molecule has 21 heavy (non-hydrogen) atoms. The largest absolute Gasteiger partial charge is 0.487 e. The number of ether oxygens (including phenoxy) is 1. The van der Waals surface area contributed by atoms with E-state index in [2.05, 4.69) is 0 Å². The summed E-state index contributed by atoms with van der Waals surface area (Å²) in [6.45, 7) is -0.0163. The Bertz CT molecular complexity index is 627. The predicted molar refractivity (Wildman–Crippen MR) is 76.8 cm³/mol. The molecule has 0 spiro atoms. The van der Waals surface area contributed by atoms with Gasteiger partial charge >= 0.3 is 6.18 Å². The zero-order chi connectivity index (χ0) is 15.5. The zero-order valence-corrected chi connectivity index (χ0v) is 12.3. The maximum Gasteiger partial charge on any atom is 0.416 e. The Labute approximate surface area is 130 Å². The second-order valence-corrected chi connectivity index (χ2v) is 5.02. The fourth-order valence-electron chi connectivity index (χ4n) is 1.81. The number of para-hydroxylation sites is 1. The van der Waals surface area contributed by atoms with Gasteiger partial charge in [-0.25, -0.2) is 0 Å². The van der Waals surface area contributed by atoms with Gasteiger partial charge in [0.25, 0.3) is 0 Å². The summed E-state index contributed by atoms with van der Waals surface area (Å²) in [5, 5.41) is 0.375. The summed E-state index contributed by atoms with van der Waals surface area (Å²) in [6, 6.07) is 10.1. The third-order valence-corrected chi connectivity index (χ3v) is 3.42. The van der Waals surface area contributed by atoms with Crippen molar-refractivity contribution in [2.75, 3.05) is 0 Å². The fourth-order valence-corrected chi connectivity index (χ4v) is 2.27. The lowest BCUT2D eigenvalue weighted by atomic mass is 10.1. The molecule has 0 heterocycles. The smallest absolute Gasteiger partial charge is 0.416 e. The average Bonchev–Trinajstić information content (AvgIpc) is 2.45. The van der Waals surface area contributed by atoms with E-state index in [9.17, 15) is 13.2 Å². The van der Waals surface area contributed by atoms with E-state index in [-0.39, 0.29) is 12.5 Å². The third kappa shape index (κ3) is 4.05. The van der Waals surface area contributed by atoms with Gasteiger partial charge in [-0.2, -0.15) is 13.2 Å². The molecule has 0 bridgehead atoms. The summed E-state index contributed by atoms with van der Waals surface area (Å²) in [4.78, 5) is 0. The Balaban J connectivity index is 2.18. The van der Waals surface area contributed by atoms with E-state index in [1.165, 1.54) is 6.07 Å². The average molecular weight is 335 g/mol. The second kappa shape index (κ2) is 6.58. The van der Waals surface area contributed by atoms with Gasteiger partial charge in [0.1, 0.15) is 12.4 Å². The monoisotopic (exact) mass is 334 g/mol. The Morgan fingerprint density at radius 3 is 2.43 bits per heavy atom. The van der Waals surface area contributed by atoms with E-state index in [0.29, 0.717) is 21.9 Å². The Morgan fingerprint density at radius 1 is 1.05 bits per heavy atom. The predicted octanol–water partition coefficient (Wildman–Crippen LogP) is 5.68. The van der Waals surface area contributed by atoms with Crippen LogP contribution in [0.5, 0.6) is 5.75 Å². The third-order valence-electron chi connectivity index (χ3n) is 2.83. The molecule has 0 unspecified atom stereocenters. The summed E-state index contributed by atoms with van der Waals surface area (Å²) in [5.74, 6) is 0.602. The van der Waals surface area contributed by atoms with Gasteiger partial charge < -0.3 is 4.74 Å². The van der Waals surface area contributed by atoms with Crippen molar-refractivity contribution in [2.24, 2.45) is 0 Å². The van der Waals surface area contributed by atoms with Crippen LogP contribution in [0.4, 0.5) is 13.2 Å². The van der Waals surface area contributed by atoms with Crippen molar-refractivity contribution >= 4 is 23.2 Å². The van der Waals surface area contributed by atoms with Crippen molar-refractivity contribution in [2.45, 2.75) is 18.7 Å². The van der Waals surface area contributed by atoms with Crippen LogP contribution in [0.25, 0.3) is 0 Å². The van der Waals surface area contributed by atoms with Gasteiger partial charge in [-0.1, -0.05) is 35.9 Å². The second-order valence-electron chi connectivity index (χ2n) is 4.35. The summed E-state index contributed by atoms with van der Waals surface area (Å²) < 4.78 is 43.4. The molecule has 0 aromatic heterocycles. The van der Waals surface area contributed by atoms with Crippen LogP contribution in [0.15, 0.2) is 42.5 Å². The molecule has 2 aromatic rings. The Hall–Kier alpha value is -1.39. The molecular weight excluding hydrogens is 324 g/mol. The number of benzene rings is 2. The molecule has 6 heteroatoms. The molecule has 0 aliphatic heterocycles. The summed E-state index contributed by atoms with van der Waals surface area (Å²) >= 11 is 11.8. The highest BCUT2D eigenvalue weighted by Crippen LogP contribution is 2.32. The van der Waals surface area contributed by atoms with E-state index in [1.54, 1.807) is 24.3 Å². The highest BCUT2D eigenvalue weighted by Gasteiger charge is 2.30. The van der Waals surface area contributed by atoms with Crippen molar-refractivity contribution < 1.29 is 17.9 Å². The Morgan fingerprint density at radius 2 is 1.76 bits per heavy atom. The van der Waals surface area contributed by atoms with E-state index < -0.39 is 11.7 Å². The molecule has 0 radical (unpaired) electrons. The minimum Gasteiger partial charge on any atom is -0.487 e. The molecule has 2 aromatic carbocycles. The van der Waals surface area contributed by atoms with Crippen molar-refractivity contribution in [3.05, 3.63) is 64.2 Å². The summed E-state index contributed by atoms with van der Waals surface area (Å²) in [7, 11) is 0. The molecule has 0 atom stereocenters. The van der Waals surface area contributed by atoms with Crippen LogP contribution in [0.1, 0.15) is 16.7 Å². The highest BCUT2D eigenvalue weighted by atomic mass is 35.5. The maximum absolute atomic E-state index is 12.6. The van der Waals surface area contributed by atoms with Crippen LogP contribution in [-0.2, 0) is 18.7 Å². The van der Waals surface area contributed by atoms with Gasteiger partial charge in [0.15, 0.2) is 0 Å². The van der Waals surface area contributed by atoms with Gasteiger partial charge in [0, 0.05) is 5.56 Å². The molecule has 0 N–H and O–H groups in total. The number of alkyl halides is 4. The minimum absolute atomic E-state index is 0.0163. The van der Waals surface area contributed by atoms with E-state index >= 15 is 0 Å². The van der Waals surface area contributed by atoms with Gasteiger partial charge in [-0.15, -0.1) is 11.6 Å². The molecule has 0 saturated heterocycles. The summed E-state index contributed by atoms with van der Waals surface area (Å²) in [6.07, 6.45) is -4.37. The first-order chi connectivity index (χ1) is 9.91. The maximum atomic E-state index is 12.6. The lowest BCUT2D eigenvalue weighted by Gasteiger charge is -2.13. The molecule has 0 aliphatic carbocycles. The lowest BCUT2D eigenvalue weighted by Crippen LogP contribution is -2.06. The number of hydrogen-bond donors (Lipinski definition) is 0. The van der Waals surface area contributed by atoms with Gasteiger partial charge in [-0.05, 0) is 23.8 Å². The molecular formula is C15H11Cl2F3O. The van der Waals surface area contributed by atoms with Crippen molar-refractivity contribution in [1.29, 1.82) is 0 Å². The van der Waals surface area contributed by atoms with E-state index in [4.69, 9.17) is 27.9 Å². The standard InChI is InChI=1S/C15H11Cl2F3O/c16-8-11-4-2-6-13(17)14(11)21-9-10-3-1-5-12(7-10)15(18,19)20/h1-7H,8-9H2. The van der Waals surface area contributed by atoms with E-state index in [1.807, 2.05) is 0 Å². The quantitative estimate of drug-likeness (QED) is 0.654. The fraction of sp³-hybridized carbons (Fsp3) is 0.200. The van der Waals surface area contributed by atoms with Gasteiger partial charge in [-0.3, -0.25) is 0 Å². The molecule has 0 aliphatic rings. The van der Waals surface area contributed by atoms with Crippen LogP contribution in [0, 0.1) is 0 Å². The normalized spacial score (nSPS) is 11.5. The van der Waals surface area contributed by atoms with Crippen LogP contribution in [-0.4, -0.2) is 0 Å². The van der Waals surface area contributed by atoms with Gasteiger partial charge in [0.05, 0.1) is 16.5 Å². The van der Waals surface area contributed by atoms with Crippen molar-refractivity contribution in [1.82, 2.24) is 0 Å². The number of rotatable bonds is 4. The Kier molecular flexibility index (Phi) is 5.01. The SMILES string of the molecule is FC(F)(F)c1cccc(COc2c(Cl)cccc2CCl)c1. The first kappa shape index (κ1) is 16.0. The summed E-state index contributed by atoms with van der Waals surface area (Å²) in [5.41, 5.74) is 0.390. The number of hydrogen-bond acceptors (Lipinski definition) is 1. The lowest BCUT2D eigenvalue weighted by molar-refractivity contribution is -0.137. The van der Waals surface area contributed by atoms with Crippen molar-refractivity contribution in [3.8, 4) is 5.75 Å². The van der Waals surface area contributed by atoms with E-state index in [0.717, 1.165) is 12.1 Å². The van der Waals surface area contributed by atoms with Gasteiger partial charge in [0.2, 0.25) is 0 Å². The molecule has 0 saturated carbocycles. The first-order valence-electron chi connectivity index (χ1n) is 6.04. The van der Waals surface area contributed by atoms with Crippen LogP contribution >= 0.6 is 23.2 Å².